The van der Waals surface area contributed by atoms with E-state index in [0.29, 0.717) is 11.4 Å². The predicted molar refractivity (Wildman–Crippen MR) is 87.3 cm³/mol. The smallest absolute Gasteiger partial charge is 0.262 e. The first-order valence-corrected chi connectivity index (χ1v) is 7.39. The first-order valence-electron chi connectivity index (χ1n) is 6.59. The fourth-order valence-corrected chi connectivity index (χ4v) is 2.26. The van der Waals surface area contributed by atoms with Crippen LogP contribution in [0.4, 0.5) is 5.69 Å². The number of carbonyl (C=O) groups is 1. The van der Waals surface area contributed by atoms with Gasteiger partial charge in [-0.05, 0) is 41.1 Å². The Morgan fingerprint density at radius 2 is 1.90 bits per heavy atom. The Morgan fingerprint density at radius 1 is 1.24 bits per heavy atom. The molecule has 0 saturated heterocycles. The first-order chi connectivity index (χ1) is 10.1. The maximum Gasteiger partial charge on any atom is 0.262 e. The van der Waals surface area contributed by atoms with E-state index < -0.39 is 0 Å². The van der Waals surface area contributed by atoms with Gasteiger partial charge >= 0.3 is 0 Å². The van der Waals surface area contributed by atoms with Crippen LogP contribution in [0.25, 0.3) is 0 Å². The van der Waals surface area contributed by atoms with Crippen LogP contribution in [0.3, 0.4) is 0 Å². The van der Waals surface area contributed by atoms with Gasteiger partial charge in [-0.3, -0.25) is 4.79 Å². The summed E-state index contributed by atoms with van der Waals surface area (Å²) < 4.78 is 6.39. The van der Waals surface area contributed by atoms with E-state index in [1.54, 1.807) is 0 Å². The van der Waals surface area contributed by atoms with Gasteiger partial charge in [-0.2, -0.15) is 0 Å². The molecule has 2 aromatic carbocycles. The van der Waals surface area contributed by atoms with Crippen molar-refractivity contribution < 1.29 is 9.53 Å². The fraction of sp³-hybridized carbons (Fsp3) is 0.188. The lowest BCUT2D eigenvalue weighted by atomic mass is 10.1. The molecule has 110 valence electrons. The molecule has 21 heavy (non-hydrogen) atoms. The van der Waals surface area contributed by atoms with Crippen LogP contribution in [0.1, 0.15) is 18.5 Å². The second-order valence-corrected chi connectivity index (χ2v) is 5.50. The van der Waals surface area contributed by atoms with E-state index in [-0.39, 0.29) is 18.6 Å². The molecule has 1 amide bonds. The molecule has 3 N–H and O–H groups in total. The number of para-hydroxylation sites is 2. The average molecular weight is 349 g/mol. The largest absolute Gasteiger partial charge is 0.483 e. The van der Waals surface area contributed by atoms with Crippen LogP contribution in [-0.2, 0) is 4.79 Å². The number of ether oxygens (including phenoxy) is 1. The fourth-order valence-electron chi connectivity index (χ4n) is 1.88. The summed E-state index contributed by atoms with van der Waals surface area (Å²) in [6.45, 7) is 1.81. The van der Waals surface area contributed by atoms with Crippen LogP contribution in [0.15, 0.2) is 53.0 Å². The van der Waals surface area contributed by atoms with Crippen LogP contribution >= 0.6 is 15.9 Å². The number of carbonyl (C=O) groups excluding carboxylic acids is 1. The Kier molecular flexibility index (Phi) is 5.36. The molecule has 1 atom stereocenters. The topological polar surface area (TPSA) is 64.3 Å². The Bertz CT molecular complexity index is 629. The minimum atomic E-state index is -0.221. The molecular formula is C16H17BrN2O2. The molecule has 0 spiro atoms. The van der Waals surface area contributed by atoms with Crippen LogP contribution in [0.5, 0.6) is 5.75 Å². The molecule has 4 nitrogen and oxygen atoms in total. The highest BCUT2D eigenvalue weighted by atomic mass is 79.9. The number of benzene rings is 2. The van der Waals surface area contributed by atoms with Crippen molar-refractivity contribution in [2.24, 2.45) is 5.73 Å². The molecule has 0 aliphatic heterocycles. The minimum absolute atomic E-state index is 0.0644. The van der Waals surface area contributed by atoms with Gasteiger partial charge in [0.1, 0.15) is 5.75 Å². The molecule has 0 bridgehead atoms. The van der Waals surface area contributed by atoms with Crippen LogP contribution in [0, 0.1) is 0 Å². The highest BCUT2D eigenvalue weighted by Gasteiger charge is 2.10. The van der Waals surface area contributed by atoms with Gasteiger partial charge in [0.2, 0.25) is 0 Å². The van der Waals surface area contributed by atoms with Gasteiger partial charge < -0.3 is 15.8 Å². The average Bonchev–Trinajstić information content (AvgIpc) is 2.48. The molecular weight excluding hydrogens is 332 g/mol. The first kappa shape index (κ1) is 15.5. The third-order valence-electron chi connectivity index (χ3n) is 2.92. The van der Waals surface area contributed by atoms with Gasteiger partial charge in [0.25, 0.3) is 5.91 Å². The molecule has 0 radical (unpaired) electrons. The lowest BCUT2D eigenvalue weighted by Crippen LogP contribution is -2.21. The summed E-state index contributed by atoms with van der Waals surface area (Å²) in [5.74, 6) is 0.413. The van der Waals surface area contributed by atoms with Crippen LogP contribution in [0.2, 0.25) is 0 Å². The summed E-state index contributed by atoms with van der Waals surface area (Å²) in [5, 5.41) is 2.79. The second kappa shape index (κ2) is 7.24. The van der Waals surface area contributed by atoms with Crippen molar-refractivity contribution in [3.05, 3.63) is 58.6 Å². The summed E-state index contributed by atoms with van der Waals surface area (Å²) in [5.41, 5.74) is 7.47. The standard InChI is InChI=1S/C16H17BrN2O2/c1-11(18)12-6-2-5-9-15(12)21-10-16(20)19-14-8-4-3-7-13(14)17/h2-9,11H,10,18H2,1H3,(H,19,20)/t11-/m0/s1. The molecule has 0 aromatic heterocycles. The summed E-state index contributed by atoms with van der Waals surface area (Å²) in [7, 11) is 0. The van der Waals surface area contributed by atoms with E-state index in [4.69, 9.17) is 10.5 Å². The molecule has 0 heterocycles. The zero-order valence-corrected chi connectivity index (χ0v) is 13.3. The molecule has 5 heteroatoms. The summed E-state index contributed by atoms with van der Waals surface area (Å²) in [4.78, 5) is 11.9. The van der Waals surface area contributed by atoms with Crippen LogP contribution < -0.4 is 15.8 Å². The van der Waals surface area contributed by atoms with E-state index in [9.17, 15) is 4.79 Å². The Hall–Kier alpha value is -1.85. The van der Waals surface area contributed by atoms with Crippen molar-refractivity contribution in [2.45, 2.75) is 13.0 Å². The van der Waals surface area contributed by atoms with Crippen molar-refractivity contribution >= 4 is 27.5 Å². The number of nitrogens with one attached hydrogen (secondary N) is 1. The normalized spacial score (nSPS) is 11.8. The van der Waals surface area contributed by atoms with E-state index in [1.807, 2.05) is 55.5 Å². The molecule has 0 aliphatic carbocycles. The van der Waals surface area contributed by atoms with Crippen molar-refractivity contribution in [3.8, 4) is 5.75 Å². The second-order valence-electron chi connectivity index (χ2n) is 4.64. The molecule has 2 rings (SSSR count). The number of nitrogens with two attached hydrogens (primary N) is 1. The van der Waals surface area contributed by atoms with Crippen molar-refractivity contribution in [2.75, 3.05) is 11.9 Å². The molecule has 2 aromatic rings. The monoisotopic (exact) mass is 348 g/mol. The maximum absolute atomic E-state index is 11.9. The Labute approximate surface area is 132 Å². The third kappa shape index (κ3) is 4.31. The van der Waals surface area contributed by atoms with Crippen molar-refractivity contribution in [1.29, 1.82) is 0 Å². The van der Waals surface area contributed by atoms with Gasteiger partial charge in [-0.15, -0.1) is 0 Å². The lowest BCUT2D eigenvalue weighted by Gasteiger charge is -2.14. The highest BCUT2D eigenvalue weighted by molar-refractivity contribution is 9.10. The van der Waals surface area contributed by atoms with Crippen molar-refractivity contribution in [3.63, 3.8) is 0 Å². The third-order valence-corrected chi connectivity index (χ3v) is 3.61. The quantitative estimate of drug-likeness (QED) is 0.869. The van der Waals surface area contributed by atoms with Gasteiger partial charge in [-0.25, -0.2) is 0 Å². The van der Waals surface area contributed by atoms with Crippen molar-refractivity contribution in [1.82, 2.24) is 0 Å². The number of amides is 1. The molecule has 0 fully saturated rings. The zero-order chi connectivity index (χ0) is 15.2. The van der Waals surface area contributed by atoms with E-state index in [2.05, 4.69) is 21.2 Å². The van der Waals surface area contributed by atoms with Gasteiger partial charge in [-0.1, -0.05) is 30.3 Å². The Balaban J connectivity index is 1.97. The summed E-state index contributed by atoms with van der Waals surface area (Å²) >= 11 is 3.38. The molecule has 0 saturated carbocycles. The van der Waals surface area contributed by atoms with E-state index >= 15 is 0 Å². The van der Waals surface area contributed by atoms with Crippen LogP contribution in [-0.4, -0.2) is 12.5 Å². The maximum atomic E-state index is 11.9. The Morgan fingerprint density at radius 3 is 2.62 bits per heavy atom. The molecule has 0 aliphatic rings. The van der Waals surface area contributed by atoms with E-state index in [0.717, 1.165) is 10.0 Å². The zero-order valence-electron chi connectivity index (χ0n) is 11.7. The van der Waals surface area contributed by atoms with E-state index in [1.165, 1.54) is 0 Å². The molecule has 0 unspecified atom stereocenters. The summed E-state index contributed by atoms with van der Waals surface area (Å²) in [6, 6.07) is 14.7. The van der Waals surface area contributed by atoms with Gasteiger partial charge in [0.05, 0.1) is 5.69 Å². The number of rotatable bonds is 5. The number of halogens is 1. The summed E-state index contributed by atoms with van der Waals surface area (Å²) in [6.07, 6.45) is 0. The number of anilines is 1. The van der Waals surface area contributed by atoms with Gasteiger partial charge in [0, 0.05) is 16.1 Å². The minimum Gasteiger partial charge on any atom is -0.483 e. The predicted octanol–water partition coefficient (Wildman–Crippen LogP) is 3.49. The van der Waals surface area contributed by atoms with Gasteiger partial charge in [0.15, 0.2) is 6.61 Å². The number of hydrogen-bond acceptors (Lipinski definition) is 3. The highest BCUT2D eigenvalue weighted by Crippen LogP contribution is 2.24. The number of hydrogen-bond donors (Lipinski definition) is 2. The lowest BCUT2D eigenvalue weighted by molar-refractivity contribution is -0.118. The SMILES string of the molecule is C[C@H](N)c1ccccc1OCC(=O)Nc1ccccc1Br.